The predicted molar refractivity (Wildman–Crippen MR) is 104 cm³/mol. The van der Waals surface area contributed by atoms with Crippen LogP contribution in [0.2, 0.25) is 5.02 Å². The maximum atomic E-state index is 12.5. The van der Waals surface area contributed by atoms with Crippen LogP contribution >= 0.6 is 11.6 Å². The van der Waals surface area contributed by atoms with Gasteiger partial charge in [-0.1, -0.05) is 37.6 Å². The smallest absolute Gasteiger partial charge is 0.270 e. The van der Waals surface area contributed by atoms with Crippen molar-refractivity contribution in [3.8, 4) is 0 Å². The molecular weight excluding hydrogens is 370 g/mol. The highest BCUT2D eigenvalue weighted by Gasteiger charge is 2.19. The number of amides is 2. The molecule has 0 atom stereocenters. The van der Waals surface area contributed by atoms with E-state index in [0.717, 1.165) is 18.9 Å². The second-order valence-corrected chi connectivity index (χ2v) is 6.32. The zero-order valence-corrected chi connectivity index (χ0v) is 15.7. The van der Waals surface area contributed by atoms with Crippen LogP contribution in [-0.4, -0.2) is 22.8 Å². The Kier molecular flexibility index (Phi) is 6.90. The van der Waals surface area contributed by atoms with Gasteiger partial charge in [0.15, 0.2) is 0 Å². The van der Waals surface area contributed by atoms with Crippen LogP contribution in [0.25, 0.3) is 0 Å². The van der Waals surface area contributed by atoms with Gasteiger partial charge in [-0.25, -0.2) is 0 Å². The number of carbonyl (C=O) groups excluding carboxylic acids is 2. The van der Waals surface area contributed by atoms with Crippen LogP contribution < -0.4 is 10.6 Å². The SMILES string of the molecule is CCC(CC)NC(=O)c1ccccc1NC(=O)c1ccc([N+](=O)[O-])cc1Cl. The second kappa shape index (κ2) is 9.14. The average molecular weight is 390 g/mol. The summed E-state index contributed by atoms with van der Waals surface area (Å²) in [7, 11) is 0. The molecule has 0 heterocycles. The standard InChI is InChI=1S/C19H20ClN3O4/c1-3-12(4-2)21-19(25)15-7-5-6-8-17(15)22-18(24)14-10-9-13(23(26)27)11-16(14)20/h5-12H,3-4H2,1-2H3,(H,21,25)(H,22,24). The van der Waals surface area contributed by atoms with Crippen molar-refractivity contribution in [1.82, 2.24) is 5.32 Å². The Morgan fingerprint density at radius 2 is 1.74 bits per heavy atom. The molecule has 7 nitrogen and oxygen atoms in total. The molecule has 0 aliphatic heterocycles. The fourth-order valence-corrected chi connectivity index (χ4v) is 2.80. The first kappa shape index (κ1) is 20.4. The van der Waals surface area contributed by atoms with Crippen molar-refractivity contribution in [1.29, 1.82) is 0 Å². The fourth-order valence-electron chi connectivity index (χ4n) is 2.54. The summed E-state index contributed by atoms with van der Waals surface area (Å²) in [6, 6.07) is 10.3. The lowest BCUT2D eigenvalue weighted by molar-refractivity contribution is -0.384. The number of nitro benzene ring substituents is 1. The summed E-state index contributed by atoms with van der Waals surface area (Å²) in [6.07, 6.45) is 1.60. The summed E-state index contributed by atoms with van der Waals surface area (Å²) >= 11 is 6.00. The van der Waals surface area contributed by atoms with Gasteiger partial charge in [0.2, 0.25) is 0 Å². The minimum Gasteiger partial charge on any atom is -0.349 e. The molecule has 2 N–H and O–H groups in total. The van der Waals surface area contributed by atoms with Crippen molar-refractivity contribution in [3.05, 3.63) is 68.7 Å². The Balaban J connectivity index is 2.24. The molecule has 0 fully saturated rings. The third-order valence-corrected chi connectivity index (χ3v) is 4.46. The molecule has 2 amide bonds. The quantitative estimate of drug-likeness (QED) is 0.540. The number of hydrogen-bond acceptors (Lipinski definition) is 4. The highest BCUT2D eigenvalue weighted by molar-refractivity contribution is 6.34. The van der Waals surface area contributed by atoms with Crippen LogP contribution in [0.5, 0.6) is 0 Å². The number of para-hydroxylation sites is 1. The minimum atomic E-state index is -0.592. The molecule has 2 aromatic carbocycles. The van der Waals surface area contributed by atoms with Crippen molar-refractivity contribution in [2.24, 2.45) is 0 Å². The van der Waals surface area contributed by atoms with E-state index in [1.165, 1.54) is 12.1 Å². The number of hydrogen-bond donors (Lipinski definition) is 2. The van der Waals surface area contributed by atoms with Crippen molar-refractivity contribution in [2.45, 2.75) is 32.7 Å². The number of halogens is 1. The third kappa shape index (κ3) is 5.04. The van der Waals surface area contributed by atoms with Crippen LogP contribution in [0.15, 0.2) is 42.5 Å². The molecule has 0 saturated heterocycles. The summed E-state index contributed by atoms with van der Waals surface area (Å²) in [4.78, 5) is 35.3. The van der Waals surface area contributed by atoms with Gasteiger partial charge in [0.1, 0.15) is 0 Å². The molecule has 0 saturated carbocycles. The highest BCUT2D eigenvalue weighted by Crippen LogP contribution is 2.24. The fraction of sp³-hybridized carbons (Fsp3) is 0.263. The van der Waals surface area contributed by atoms with Crippen molar-refractivity contribution >= 4 is 34.8 Å². The lowest BCUT2D eigenvalue weighted by Gasteiger charge is -2.17. The van der Waals surface area contributed by atoms with Gasteiger partial charge >= 0.3 is 0 Å². The first-order valence-electron chi connectivity index (χ1n) is 8.52. The summed E-state index contributed by atoms with van der Waals surface area (Å²) in [5, 5.41) is 16.3. The Hall–Kier alpha value is -2.93. The zero-order valence-electron chi connectivity index (χ0n) is 15.0. The van der Waals surface area contributed by atoms with E-state index in [0.29, 0.717) is 11.3 Å². The molecule has 0 bridgehead atoms. The molecule has 0 aliphatic rings. The summed E-state index contributed by atoms with van der Waals surface area (Å²) in [6.45, 7) is 3.97. The van der Waals surface area contributed by atoms with Gasteiger partial charge in [-0.05, 0) is 31.0 Å². The van der Waals surface area contributed by atoms with Crippen molar-refractivity contribution in [2.75, 3.05) is 5.32 Å². The molecule has 142 valence electrons. The van der Waals surface area contributed by atoms with Crippen molar-refractivity contribution < 1.29 is 14.5 Å². The average Bonchev–Trinajstić information content (AvgIpc) is 2.65. The summed E-state index contributed by atoms with van der Waals surface area (Å²) < 4.78 is 0. The number of nitro groups is 1. The van der Waals surface area contributed by atoms with E-state index >= 15 is 0 Å². The van der Waals surface area contributed by atoms with Gasteiger partial charge in [0.05, 0.1) is 26.8 Å². The van der Waals surface area contributed by atoms with Crippen molar-refractivity contribution in [3.63, 3.8) is 0 Å². The van der Waals surface area contributed by atoms with Gasteiger partial charge in [-0.15, -0.1) is 0 Å². The van der Waals surface area contributed by atoms with Gasteiger partial charge in [0.25, 0.3) is 17.5 Å². The maximum Gasteiger partial charge on any atom is 0.270 e. The zero-order chi connectivity index (χ0) is 20.0. The molecule has 2 rings (SSSR count). The van der Waals surface area contributed by atoms with E-state index in [9.17, 15) is 19.7 Å². The predicted octanol–water partition coefficient (Wildman–Crippen LogP) is 4.42. The molecule has 0 aromatic heterocycles. The van der Waals surface area contributed by atoms with Gasteiger partial charge in [0, 0.05) is 18.2 Å². The largest absolute Gasteiger partial charge is 0.349 e. The van der Waals surface area contributed by atoms with E-state index in [-0.39, 0.29) is 28.2 Å². The molecule has 0 radical (unpaired) electrons. The van der Waals surface area contributed by atoms with Gasteiger partial charge < -0.3 is 10.6 Å². The van der Waals surface area contributed by atoms with E-state index in [1.807, 2.05) is 13.8 Å². The van der Waals surface area contributed by atoms with E-state index in [1.54, 1.807) is 24.3 Å². The second-order valence-electron chi connectivity index (χ2n) is 5.91. The minimum absolute atomic E-state index is 0.0411. The van der Waals surface area contributed by atoms with E-state index in [4.69, 9.17) is 11.6 Å². The van der Waals surface area contributed by atoms with E-state index < -0.39 is 10.8 Å². The lowest BCUT2D eigenvalue weighted by atomic mass is 10.1. The summed E-state index contributed by atoms with van der Waals surface area (Å²) in [5.74, 6) is -0.841. The lowest BCUT2D eigenvalue weighted by Crippen LogP contribution is -2.34. The number of non-ortho nitro benzene ring substituents is 1. The Morgan fingerprint density at radius 3 is 2.33 bits per heavy atom. The highest BCUT2D eigenvalue weighted by atomic mass is 35.5. The van der Waals surface area contributed by atoms with E-state index in [2.05, 4.69) is 10.6 Å². The number of carbonyl (C=O) groups is 2. The van der Waals surface area contributed by atoms with Gasteiger partial charge in [-0.3, -0.25) is 19.7 Å². The number of anilines is 1. The Morgan fingerprint density at radius 1 is 1.07 bits per heavy atom. The van der Waals surface area contributed by atoms with Crippen LogP contribution in [0, 0.1) is 10.1 Å². The Bertz CT molecular complexity index is 866. The molecule has 0 spiro atoms. The number of nitrogens with zero attached hydrogens (tertiary/aromatic N) is 1. The molecule has 8 heteroatoms. The molecular formula is C19H20ClN3O4. The third-order valence-electron chi connectivity index (χ3n) is 4.15. The first-order chi connectivity index (χ1) is 12.9. The van der Waals surface area contributed by atoms with Crippen LogP contribution in [-0.2, 0) is 0 Å². The molecule has 27 heavy (non-hydrogen) atoms. The van der Waals surface area contributed by atoms with Crippen LogP contribution in [0.4, 0.5) is 11.4 Å². The monoisotopic (exact) mass is 389 g/mol. The first-order valence-corrected chi connectivity index (χ1v) is 8.90. The number of benzene rings is 2. The summed E-state index contributed by atoms with van der Waals surface area (Å²) in [5.41, 5.74) is 0.537. The number of nitrogens with one attached hydrogen (secondary N) is 2. The topological polar surface area (TPSA) is 101 Å². The molecule has 2 aromatic rings. The Labute approximate surface area is 161 Å². The molecule has 0 unspecified atom stereocenters. The van der Waals surface area contributed by atoms with Crippen LogP contribution in [0.3, 0.4) is 0 Å². The van der Waals surface area contributed by atoms with Gasteiger partial charge in [-0.2, -0.15) is 0 Å². The maximum absolute atomic E-state index is 12.5. The normalized spacial score (nSPS) is 10.5. The number of rotatable bonds is 7. The molecule has 0 aliphatic carbocycles. The van der Waals surface area contributed by atoms with Crippen LogP contribution in [0.1, 0.15) is 47.4 Å².